The van der Waals surface area contributed by atoms with Crippen LogP contribution in [0.15, 0.2) is 47.0 Å². The highest BCUT2D eigenvalue weighted by atomic mass is 35.5. The van der Waals surface area contributed by atoms with Crippen molar-refractivity contribution in [3.8, 4) is 17.0 Å². The van der Waals surface area contributed by atoms with Gasteiger partial charge in [-0.2, -0.15) is 0 Å². The topological polar surface area (TPSA) is 72.6 Å². The standard InChI is InChI=1S/C17H14ClNO4/c1-2-14(17(20)21)22-12-7-8-13-15(9-12)23-19-16(13)10-3-5-11(18)6-4-10/h3-9,14H,2H2,1H3,(H,20,21). The summed E-state index contributed by atoms with van der Waals surface area (Å²) in [5, 5.41) is 14.6. The molecule has 0 aliphatic rings. The van der Waals surface area contributed by atoms with Crippen molar-refractivity contribution < 1.29 is 19.2 Å². The van der Waals surface area contributed by atoms with Gasteiger partial charge in [0.25, 0.3) is 0 Å². The highest BCUT2D eigenvalue weighted by molar-refractivity contribution is 6.30. The molecule has 1 aromatic heterocycles. The van der Waals surface area contributed by atoms with Crippen molar-refractivity contribution in [3.05, 3.63) is 47.5 Å². The molecule has 0 spiro atoms. The second-order valence-corrected chi connectivity index (χ2v) is 5.49. The lowest BCUT2D eigenvalue weighted by Gasteiger charge is -2.12. The average molecular weight is 332 g/mol. The summed E-state index contributed by atoms with van der Waals surface area (Å²) in [4.78, 5) is 11.0. The fourth-order valence-corrected chi connectivity index (χ4v) is 2.41. The Bertz CT molecular complexity index is 841. The fourth-order valence-electron chi connectivity index (χ4n) is 2.28. The molecule has 118 valence electrons. The summed E-state index contributed by atoms with van der Waals surface area (Å²) in [5.74, 6) is -0.558. The molecule has 3 rings (SSSR count). The number of carbonyl (C=O) groups is 1. The number of rotatable bonds is 5. The molecule has 0 saturated heterocycles. The summed E-state index contributed by atoms with van der Waals surface area (Å²) in [6.45, 7) is 1.75. The SMILES string of the molecule is CCC(Oc1ccc2c(-c3ccc(Cl)cc3)noc2c1)C(=O)O. The van der Waals surface area contributed by atoms with Gasteiger partial charge in [0, 0.05) is 22.0 Å². The van der Waals surface area contributed by atoms with Crippen LogP contribution < -0.4 is 4.74 Å². The van der Waals surface area contributed by atoms with E-state index in [4.69, 9.17) is 26.0 Å². The number of fused-ring (bicyclic) bond motifs is 1. The molecule has 1 atom stereocenters. The quantitative estimate of drug-likeness (QED) is 0.750. The number of benzene rings is 2. The minimum absolute atomic E-state index is 0.375. The van der Waals surface area contributed by atoms with Gasteiger partial charge < -0.3 is 14.4 Å². The fraction of sp³-hybridized carbons (Fsp3) is 0.176. The number of aromatic nitrogens is 1. The zero-order chi connectivity index (χ0) is 16.4. The van der Waals surface area contributed by atoms with Crippen LogP contribution in [0.5, 0.6) is 5.75 Å². The van der Waals surface area contributed by atoms with Crippen LogP contribution >= 0.6 is 11.6 Å². The van der Waals surface area contributed by atoms with Crippen LogP contribution in [0.2, 0.25) is 5.02 Å². The summed E-state index contributed by atoms with van der Waals surface area (Å²) in [6.07, 6.45) is -0.508. The Labute approximate surface area is 137 Å². The second-order valence-electron chi connectivity index (χ2n) is 5.05. The third kappa shape index (κ3) is 3.14. The lowest BCUT2D eigenvalue weighted by molar-refractivity contribution is -0.145. The van der Waals surface area contributed by atoms with Gasteiger partial charge in [0.1, 0.15) is 11.4 Å². The maximum atomic E-state index is 11.0. The Balaban J connectivity index is 1.94. The number of carboxylic acid groups (broad SMARTS) is 1. The van der Waals surface area contributed by atoms with Crippen molar-refractivity contribution in [3.63, 3.8) is 0 Å². The highest BCUT2D eigenvalue weighted by Crippen LogP contribution is 2.31. The van der Waals surface area contributed by atoms with Gasteiger partial charge in [0.2, 0.25) is 0 Å². The van der Waals surface area contributed by atoms with Crippen LogP contribution in [0, 0.1) is 0 Å². The van der Waals surface area contributed by atoms with E-state index >= 15 is 0 Å². The van der Waals surface area contributed by atoms with E-state index in [2.05, 4.69) is 5.16 Å². The first kappa shape index (κ1) is 15.4. The number of halogens is 1. The molecular weight excluding hydrogens is 318 g/mol. The molecule has 1 N–H and O–H groups in total. The highest BCUT2D eigenvalue weighted by Gasteiger charge is 2.18. The van der Waals surface area contributed by atoms with Crippen molar-refractivity contribution in [2.75, 3.05) is 0 Å². The molecule has 5 nitrogen and oxygen atoms in total. The van der Waals surface area contributed by atoms with E-state index in [1.807, 2.05) is 12.1 Å². The number of carboxylic acids is 1. The van der Waals surface area contributed by atoms with Gasteiger partial charge in [-0.05, 0) is 30.7 Å². The van der Waals surface area contributed by atoms with Crippen LogP contribution in [0.25, 0.3) is 22.2 Å². The first-order valence-corrected chi connectivity index (χ1v) is 7.51. The van der Waals surface area contributed by atoms with Crippen LogP contribution in [-0.4, -0.2) is 22.3 Å². The van der Waals surface area contributed by atoms with Crippen LogP contribution in [0.3, 0.4) is 0 Å². The van der Waals surface area contributed by atoms with Crippen molar-refractivity contribution in [2.45, 2.75) is 19.4 Å². The molecular formula is C17H14ClNO4. The Hall–Kier alpha value is -2.53. The summed E-state index contributed by atoms with van der Waals surface area (Å²) in [5.41, 5.74) is 2.12. The molecule has 1 unspecified atom stereocenters. The minimum Gasteiger partial charge on any atom is -0.479 e. The van der Waals surface area contributed by atoms with Crippen LogP contribution in [-0.2, 0) is 4.79 Å². The van der Waals surface area contributed by atoms with E-state index in [-0.39, 0.29) is 0 Å². The Morgan fingerprint density at radius 2 is 2.04 bits per heavy atom. The number of ether oxygens (including phenoxy) is 1. The molecule has 3 aromatic rings. The maximum Gasteiger partial charge on any atom is 0.344 e. The molecule has 0 aliphatic heterocycles. The normalized spacial score (nSPS) is 12.3. The Morgan fingerprint density at radius 1 is 1.30 bits per heavy atom. The summed E-state index contributed by atoms with van der Waals surface area (Å²) >= 11 is 5.89. The minimum atomic E-state index is -0.993. The Morgan fingerprint density at radius 3 is 2.70 bits per heavy atom. The van der Waals surface area contributed by atoms with Crippen LogP contribution in [0.1, 0.15) is 13.3 Å². The molecule has 23 heavy (non-hydrogen) atoms. The lowest BCUT2D eigenvalue weighted by Crippen LogP contribution is -2.25. The number of hydrogen-bond donors (Lipinski definition) is 1. The predicted molar refractivity (Wildman–Crippen MR) is 86.8 cm³/mol. The molecule has 1 heterocycles. The molecule has 0 fully saturated rings. The summed E-state index contributed by atoms with van der Waals surface area (Å²) in [7, 11) is 0. The molecule has 0 aliphatic carbocycles. The number of hydrogen-bond acceptors (Lipinski definition) is 4. The summed E-state index contributed by atoms with van der Waals surface area (Å²) in [6, 6.07) is 12.5. The Kier molecular flexibility index (Phi) is 4.21. The van der Waals surface area contributed by atoms with E-state index in [1.54, 1.807) is 37.3 Å². The zero-order valence-electron chi connectivity index (χ0n) is 12.3. The van der Waals surface area contributed by atoms with E-state index in [1.165, 1.54) is 0 Å². The van der Waals surface area contributed by atoms with Gasteiger partial charge in [-0.15, -0.1) is 0 Å². The van der Waals surface area contributed by atoms with Gasteiger partial charge in [-0.3, -0.25) is 0 Å². The maximum absolute atomic E-state index is 11.0. The molecule has 0 radical (unpaired) electrons. The van der Waals surface area contributed by atoms with Gasteiger partial charge in [0.05, 0.1) is 0 Å². The third-order valence-corrected chi connectivity index (χ3v) is 3.74. The average Bonchev–Trinajstić information content (AvgIpc) is 2.96. The van der Waals surface area contributed by atoms with E-state index < -0.39 is 12.1 Å². The van der Waals surface area contributed by atoms with E-state index in [9.17, 15) is 4.79 Å². The third-order valence-electron chi connectivity index (χ3n) is 3.49. The largest absolute Gasteiger partial charge is 0.479 e. The van der Waals surface area contributed by atoms with Crippen molar-refractivity contribution in [1.29, 1.82) is 0 Å². The summed E-state index contributed by atoms with van der Waals surface area (Å²) < 4.78 is 10.8. The molecule has 0 amide bonds. The van der Waals surface area contributed by atoms with Gasteiger partial charge in [-0.1, -0.05) is 35.8 Å². The van der Waals surface area contributed by atoms with Gasteiger partial charge in [-0.25, -0.2) is 4.79 Å². The van der Waals surface area contributed by atoms with Crippen LogP contribution in [0.4, 0.5) is 0 Å². The van der Waals surface area contributed by atoms with Crippen molar-refractivity contribution >= 4 is 28.5 Å². The monoisotopic (exact) mass is 331 g/mol. The first-order valence-electron chi connectivity index (χ1n) is 7.13. The lowest BCUT2D eigenvalue weighted by atomic mass is 10.1. The van der Waals surface area contributed by atoms with Crippen molar-refractivity contribution in [2.24, 2.45) is 0 Å². The molecule has 0 saturated carbocycles. The predicted octanol–water partition coefficient (Wildman–Crippen LogP) is 4.39. The van der Waals surface area contributed by atoms with E-state index in [0.717, 1.165) is 10.9 Å². The molecule has 6 heteroatoms. The first-order chi connectivity index (χ1) is 11.1. The smallest absolute Gasteiger partial charge is 0.344 e. The van der Waals surface area contributed by atoms with Gasteiger partial charge in [0.15, 0.2) is 11.7 Å². The van der Waals surface area contributed by atoms with Crippen molar-refractivity contribution in [1.82, 2.24) is 5.16 Å². The number of aliphatic carboxylic acids is 1. The van der Waals surface area contributed by atoms with Gasteiger partial charge >= 0.3 is 5.97 Å². The zero-order valence-corrected chi connectivity index (χ0v) is 13.1. The molecule has 2 aromatic carbocycles. The second kappa shape index (κ2) is 6.30. The molecule has 0 bridgehead atoms. The van der Waals surface area contributed by atoms with E-state index in [0.29, 0.717) is 28.5 Å². The number of nitrogens with zero attached hydrogens (tertiary/aromatic N) is 1.